The first-order valence-electron chi connectivity index (χ1n) is 13.2. The maximum Gasteiger partial charge on any atom is 0.150 e. The molecule has 0 radical (unpaired) electrons. The lowest BCUT2D eigenvalue weighted by atomic mass is 10.1. The molecule has 0 spiro atoms. The van der Waals surface area contributed by atoms with E-state index in [1.54, 1.807) is 13.8 Å². The third kappa shape index (κ3) is 10.8. The number of ketones is 2. The van der Waals surface area contributed by atoms with Crippen LogP contribution in [0.2, 0.25) is 0 Å². The number of aryl methyl sites for hydroxylation is 1. The summed E-state index contributed by atoms with van der Waals surface area (Å²) in [5.41, 5.74) is 1.08. The Labute approximate surface area is 230 Å². The number of fused-ring (bicyclic) bond motifs is 1. The Kier molecular flexibility index (Phi) is 14.3. The molecule has 1 aromatic carbocycles. The van der Waals surface area contributed by atoms with Gasteiger partial charge in [-0.1, -0.05) is 62.0 Å². The number of nitriles is 2. The van der Waals surface area contributed by atoms with E-state index in [-0.39, 0.29) is 17.1 Å². The van der Waals surface area contributed by atoms with Gasteiger partial charge in [0.2, 0.25) is 0 Å². The zero-order chi connectivity index (χ0) is 27.0. The molecule has 2 rings (SSSR count). The molecule has 0 saturated carbocycles. The summed E-state index contributed by atoms with van der Waals surface area (Å²) in [5.74, 6) is 2.07. The van der Waals surface area contributed by atoms with Crippen molar-refractivity contribution < 1.29 is 19.1 Å². The largest absolute Gasteiger partial charge is 0.492 e. The van der Waals surface area contributed by atoms with E-state index in [4.69, 9.17) is 9.47 Å². The minimum Gasteiger partial charge on any atom is -0.492 e. The molecule has 1 aromatic rings. The quantitative estimate of drug-likeness (QED) is 0.136. The zero-order valence-electron chi connectivity index (χ0n) is 22.3. The first kappa shape index (κ1) is 30.8. The van der Waals surface area contributed by atoms with Crippen molar-refractivity contribution in [2.75, 3.05) is 13.2 Å². The van der Waals surface area contributed by atoms with Crippen LogP contribution < -0.4 is 9.47 Å². The van der Waals surface area contributed by atoms with E-state index < -0.39 is 0 Å². The Hall–Kier alpha value is -2.42. The number of ether oxygens (including phenoxy) is 2. The van der Waals surface area contributed by atoms with Crippen LogP contribution in [0.25, 0.3) is 0 Å². The Morgan fingerprint density at radius 1 is 0.757 bits per heavy atom. The lowest BCUT2D eigenvalue weighted by molar-refractivity contribution is -0.117. The van der Waals surface area contributed by atoms with Gasteiger partial charge in [0.05, 0.1) is 27.2 Å². The van der Waals surface area contributed by atoms with Crippen LogP contribution >= 0.6 is 23.5 Å². The molecule has 0 N–H and O–H groups in total. The lowest BCUT2D eigenvalue weighted by Crippen LogP contribution is -2.03. The average Bonchev–Trinajstić information content (AvgIpc) is 3.29. The van der Waals surface area contributed by atoms with Crippen molar-refractivity contribution in [2.45, 2.75) is 108 Å². The molecule has 0 fully saturated rings. The number of allylic oxidation sites excluding steroid dienone is 1. The molecule has 0 saturated heterocycles. The first-order valence-corrected chi connectivity index (χ1v) is 14.8. The fourth-order valence-electron chi connectivity index (χ4n) is 3.99. The molecule has 6 nitrogen and oxygen atoms in total. The fourth-order valence-corrected chi connectivity index (χ4v) is 6.58. The molecule has 0 atom stereocenters. The molecule has 8 heteroatoms. The van der Waals surface area contributed by atoms with Crippen LogP contribution in [-0.4, -0.2) is 24.8 Å². The molecule has 0 bridgehead atoms. The molecule has 37 heavy (non-hydrogen) atoms. The van der Waals surface area contributed by atoms with E-state index in [2.05, 4.69) is 0 Å². The molecule has 0 aliphatic carbocycles. The SMILES string of the molecule is CC(=O)CCCCCCCOc1cc(C)c(OCCCCCCCC(C)=O)c2c1SC(=C(C#N)C#N)S2. The van der Waals surface area contributed by atoms with Gasteiger partial charge in [-0.25, -0.2) is 0 Å². The van der Waals surface area contributed by atoms with Gasteiger partial charge in [-0.15, -0.1) is 0 Å². The maximum atomic E-state index is 11.0. The Bertz CT molecular complexity index is 1040. The van der Waals surface area contributed by atoms with Crippen LogP contribution in [0, 0.1) is 29.6 Å². The van der Waals surface area contributed by atoms with Gasteiger partial charge < -0.3 is 19.1 Å². The van der Waals surface area contributed by atoms with E-state index in [1.165, 1.54) is 23.5 Å². The van der Waals surface area contributed by atoms with E-state index in [9.17, 15) is 20.1 Å². The van der Waals surface area contributed by atoms with E-state index in [0.717, 1.165) is 91.1 Å². The van der Waals surface area contributed by atoms with Crippen molar-refractivity contribution in [1.82, 2.24) is 0 Å². The highest BCUT2D eigenvalue weighted by atomic mass is 32.2. The van der Waals surface area contributed by atoms with Crippen molar-refractivity contribution >= 4 is 35.1 Å². The van der Waals surface area contributed by atoms with Crippen LogP contribution in [0.15, 0.2) is 25.7 Å². The molecule has 0 unspecified atom stereocenters. The summed E-state index contributed by atoms with van der Waals surface area (Å²) in [6, 6.07) is 6.00. The van der Waals surface area contributed by atoms with Gasteiger partial charge in [0.1, 0.15) is 40.8 Å². The predicted molar refractivity (Wildman–Crippen MR) is 149 cm³/mol. The van der Waals surface area contributed by atoms with Gasteiger partial charge in [-0.3, -0.25) is 0 Å². The summed E-state index contributed by atoms with van der Waals surface area (Å²) in [4.78, 5) is 23.9. The maximum absolute atomic E-state index is 11.0. The second kappa shape index (κ2) is 17.2. The monoisotopic (exact) mass is 542 g/mol. The van der Waals surface area contributed by atoms with Crippen molar-refractivity contribution in [3.63, 3.8) is 0 Å². The Morgan fingerprint density at radius 2 is 1.24 bits per heavy atom. The summed E-state index contributed by atoms with van der Waals surface area (Å²) in [7, 11) is 0. The highest BCUT2D eigenvalue weighted by molar-refractivity contribution is 8.24. The van der Waals surface area contributed by atoms with Crippen LogP contribution in [0.4, 0.5) is 0 Å². The number of benzene rings is 1. The fraction of sp³-hybridized carbons (Fsp3) is 0.586. The molecule has 200 valence electrons. The Balaban J connectivity index is 1.97. The number of nitrogens with zero attached hydrogens (tertiary/aromatic N) is 2. The summed E-state index contributed by atoms with van der Waals surface area (Å²) < 4.78 is 13.0. The first-order chi connectivity index (χ1) is 17.9. The van der Waals surface area contributed by atoms with Crippen molar-refractivity contribution in [3.8, 4) is 23.6 Å². The standard InChI is InChI=1S/C29H38N2O4S2/c1-21-18-25(34-16-12-8-4-6-10-14-22(2)32)27-28(37-29(36-27)24(19-30)20-31)26(21)35-17-13-9-5-7-11-15-23(3)33/h18H,4-17H2,1-3H3. The van der Waals surface area contributed by atoms with E-state index in [1.807, 2.05) is 25.1 Å². The van der Waals surface area contributed by atoms with Crippen molar-refractivity contribution in [2.24, 2.45) is 0 Å². The van der Waals surface area contributed by atoms with Crippen molar-refractivity contribution in [3.05, 3.63) is 21.4 Å². The normalized spacial score (nSPS) is 12.0. The highest BCUT2D eigenvalue weighted by Gasteiger charge is 2.30. The van der Waals surface area contributed by atoms with Gasteiger partial charge in [-0.05, 0) is 58.1 Å². The smallest absolute Gasteiger partial charge is 0.150 e. The summed E-state index contributed by atoms with van der Waals surface area (Å²) in [6.07, 6.45) is 11.5. The molecule has 1 aliphatic rings. The number of carbonyl (C=O) groups is 2. The summed E-state index contributed by atoms with van der Waals surface area (Å²) in [5, 5.41) is 18.8. The third-order valence-electron chi connectivity index (χ3n) is 6.01. The predicted octanol–water partition coefficient (Wildman–Crippen LogP) is 8.07. The minimum atomic E-state index is 0.108. The number of Topliss-reactive ketones (excluding diaryl/α,β-unsaturated/α-hetero) is 2. The van der Waals surface area contributed by atoms with Crippen LogP contribution in [-0.2, 0) is 9.59 Å². The molecule has 0 aromatic heterocycles. The second-order valence-electron chi connectivity index (χ2n) is 9.41. The average molecular weight is 543 g/mol. The zero-order valence-corrected chi connectivity index (χ0v) is 24.0. The van der Waals surface area contributed by atoms with Crippen LogP contribution in [0.1, 0.15) is 96.5 Å². The minimum absolute atomic E-state index is 0.108. The van der Waals surface area contributed by atoms with Gasteiger partial charge >= 0.3 is 0 Å². The summed E-state index contributed by atoms with van der Waals surface area (Å²) in [6.45, 7) is 6.46. The van der Waals surface area contributed by atoms with Crippen molar-refractivity contribution in [1.29, 1.82) is 10.5 Å². The molecular formula is C29H38N2O4S2. The molecule has 1 aliphatic heterocycles. The van der Waals surface area contributed by atoms with Gasteiger partial charge in [0.25, 0.3) is 0 Å². The molecule has 1 heterocycles. The number of hydrogen-bond acceptors (Lipinski definition) is 8. The molecule has 0 amide bonds. The van der Waals surface area contributed by atoms with Gasteiger partial charge in [0.15, 0.2) is 0 Å². The summed E-state index contributed by atoms with van der Waals surface area (Å²) >= 11 is 2.82. The lowest BCUT2D eigenvalue weighted by Gasteiger charge is -2.16. The number of carbonyl (C=O) groups excluding carboxylic acids is 2. The van der Waals surface area contributed by atoms with E-state index in [0.29, 0.717) is 30.3 Å². The number of hydrogen-bond donors (Lipinski definition) is 0. The topological polar surface area (TPSA) is 100 Å². The van der Waals surface area contributed by atoms with Crippen LogP contribution in [0.5, 0.6) is 11.5 Å². The van der Waals surface area contributed by atoms with Gasteiger partial charge in [-0.2, -0.15) is 10.5 Å². The second-order valence-corrected chi connectivity index (χ2v) is 11.7. The number of unbranched alkanes of at least 4 members (excludes halogenated alkanes) is 8. The van der Waals surface area contributed by atoms with Gasteiger partial charge in [0, 0.05) is 12.8 Å². The van der Waals surface area contributed by atoms with Crippen LogP contribution in [0.3, 0.4) is 0 Å². The van der Waals surface area contributed by atoms with E-state index >= 15 is 0 Å². The number of thioether (sulfide) groups is 2. The molecular weight excluding hydrogens is 504 g/mol. The Morgan fingerprint density at radius 3 is 1.78 bits per heavy atom. The number of rotatable bonds is 18. The highest BCUT2D eigenvalue weighted by Crippen LogP contribution is 2.59. The third-order valence-corrected chi connectivity index (χ3v) is 8.62.